The van der Waals surface area contributed by atoms with E-state index in [0.29, 0.717) is 11.5 Å². The number of aryl methyl sites for hydroxylation is 4. The molecule has 0 aromatic heterocycles. The topological polar surface area (TPSA) is 40.5 Å². The van der Waals surface area contributed by atoms with Crippen molar-refractivity contribution < 1.29 is 10.2 Å². The van der Waals surface area contributed by atoms with Gasteiger partial charge in [-0.25, -0.2) is 0 Å². The first-order valence-corrected chi connectivity index (χ1v) is 10.3. The molecule has 1 atom stereocenters. The second-order valence-corrected chi connectivity index (χ2v) is 9.36. The molecule has 0 saturated carbocycles. The van der Waals surface area contributed by atoms with Crippen LogP contribution in [0.25, 0.3) is 0 Å². The highest BCUT2D eigenvalue weighted by Crippen LogP contribution is 2.55. The number of hydrogen-bond donors (Lipinski definition) is 2. The van der Waals surface area contributed by atoms with E-state index < -0.39 is 0 Å². The number of benzene rings is 2. The average Bonchev–Trinajstić information content (AvgIpc) is 2.60. The number of allylic oxidation sites excluding steroid dienone is 2. The molecule has 2 nitrogen and oxygen atoms in total. The SMILES string of the molecule is CC1=C(C)CC(C)(C(c2cc(C)cc(C)c2O)c2cc(C)cc(C)c2O)CC1. The summed E-state index contributed by atoms with van der Waals surface area (Å²) in [6.45, 7) is 14.9. The van der Waals surface area contributed by atoms with Crippen LogP contribution in [0.15, 0.2) is 35.4 Å². The van der Waals surface area contributed by atoms with Crippen molar-refractivity contribution in [1.29, 1.82) is 0 Å². The molecule has 1 unspecified atom stereocenters. The Kier molecular flexibility index (Phi) is 5.36. The van der Waals surface area contributed by atoms with Gasteiger partial charge in [0.2, 0.25) is 0 Å². The van der Waals surface area contributed by atoms with Crippen LogP contribution in [-0.2, 0) is 0 Å². The zero-order valence-corrected chi connectivity index (χ0v) is 18.4. The monoisotopic (exact) mass is 378 g/mol. The minimum atomic E-state index is -0.0704. The standard InChI is InChI=1S/C26H34O2/c1-15-10-18(4)24(27)21(12-15)23(22-13-16(2)11-19(5)25(22)28)26(7)9-8-17(3)20(6)14-26/h10-13,23,27-28H,8-9,14H2,1-7H3. The Morgan fingerprint density at radius 2 is 1.21 bits per heavy atom. The maximum Gasteiger partial charge on any atom is 0.122 e. The molecule has 2 aromatic rings. The highest BCUT2D eigenvalue weighted by Gasteiger charge is 2.41. The van der Waals surface area contributed by atoms with E-state index in [2.05, 4.69) is 46.8 Å². The van der Waals surface area contributed by atoms with Gasteiger partial charge in [-0.05, 0) is 77.3 Å². The van der Waals surface area contributed by atoms with Crippen molar-refractivity contribution in [2.45, 2.75) is 73.6 Å². The van der Waals surface area contributed by atoms with E-state index in [1.807, 2.05) is 26.0 Å². The van der Waals surface area contributed by atoms with E-state index in [4.69, 9.17) is 0 Å². The van der Waals surface area contributed by atoms with Crippen molar-refractivity contribution >= 4 is 0 Å². The van der Waals surface area contributed by atoms with Crippen LogP contribution in [0, 0.1) is 33.1 Å². The Hall–Kier alpha value is -2.22. The Morgan fingerprint density at radius 3 is 1.64 bits per heavy atom. The van der Waals surface area contributed by atoms with Crippen molar-refractivity contribution in [2.75, 3.05) is 0 Å². The molecule has 0 saturated heterocycles. The lowest BCUT2D eigenvalue weighted by molar-refractivity contribution is 0.233. The molecule has 0 fully saturated rings. The van der Waals surface area contributed by atoms with Crippen LogP contribution in [0.5, 0.6) is 11.5 Å². The zero-order valence-electron chi connectivity index (χ0n) is 18.4. The van der Waals surface area contributed by atoms with Gasteiger partial charge in [0.25, 0.3) is 0 Å². The van der Waals surface area contributed by atoms with Crippen molar-refractivity contribution in [3.63, 3.8) is 0 Å². The first-order chi connectivity index (χ1) is 13.0. The van der Waals surface area contributed by atoms with Gasteiger partial charge in [-0.3, -0.25) is 0 Å². The molecule has 1 aliphatic carbocycles. The Morgan fingerprint density at radius 1 is 0.750 bits per heavy atom. The van der Waals surface area contributed by atoms with Gasteiger partial charge in [0.05, 0.1) is 0 Å². The maximum absolute atomic E-state index is 11.1. The fourth-order valence-corrected chi connectivity index (χ4v) is 5.12. The molecule has 0 bridgehead atoms. The quantitative estimate of drug-likeness (QED) is 0.565. The molecule has 150 valence electrons. The Labute approximate surface area is 169 Å². The second kappa shape index (κ2) is 7.31. The molecule has 0 spiro atoms. The van der Waals surface area contributed by atoms with Gasteiger partial charge in [-0.15, -0.1) is 0 Å². The largest absolute Gasteiger partial charge is 0.507 e. The summed E-state index contributed by atoms with van der Waals surface area (Å²) >= 11 is 0. The Bertz CT molecular complexity index is 894. The summed E-state index contributed by atoms with van der Waals surface area (Å²) in [5, 5.41) is 22.1. The third kappa shape index (κ3) is 3.57. The lowest BCUT2D eigenvalue weighted by Gasteiger charge is -2.43. The summed E-state index contributed by atoms with van der Waals surface area (Å²) in [5.41, 5.74) is 8.79. The fraction of sp³-hybridized carbons (Fsp3) is 0.462. The second-order valence-electron chi connectivity index (χ2n) is 9.36. The van der Waals surface area contributed by atoms with Gasteiger partial charge < -0.3 is 10.2 Å². The molecule has 0 radical (unpaired) electrons. The molecule has 0 heterocycles. The van der Waals surface area contributed by atoms with Crippen LogP contribution in [0.1, 0.15) is 79.3 Å². The lowest BCUT2D eigenvalue weighted by Crippen LogP contribution is -2.30. The van der Waals surface area contributed by atoms with E-state index in [1.54, 1.807) is 0 Å². The molecular formula is C26H34O2. The van der Waals surface area contributed by atoms with E-state index in [0.717, 1.165) is 52.6 Å². The first kappa shape index (κ1) is 20.5. The predicted octanol–water partition coefficient (Wildman–Crippen LogP) is 6.99. The number of phenolic OH excluding ortho intramolecular Hbond substituents is 2. The minimum Gasteiger partial charge on any atom is -0.507 e. The number of aromatic hydroxyl groups is 2. The normalized spacial score (nSPS) is 20.1. The molecule has 2 heteroatoms. The third-order valence-corrected chi connectivity index (χ3v) is 6.74. The van der Waals surface area contributed by atoms with Gasteiger partial charge in [0.1, 0.15) is 11.5 Å². The van der Waals surface area contributed by atoms with Gasteiger partial charge in [-0.2, -0.15) is 0 Å². The molecule has 2 aromatic carbocycles. The van der Waals surface area contributed by atoms with Gasteiger partial charge in [0.15, 0.2) is 0 Å². The van der Waals surface area contributed by atoms with Crippen LogP contribution in [0.2, 0.25) is 0 Å². The van der Waals surface area contributed by atoms with Crippen molar-refractivity contribution in [3.05, 3.63) is 68.8 Å². The van der Waals surface area contributed by atoms with Crippen LogP contribution < -0.4 is 0 Å². The van der Waals surface area contributed by atoms with Gasteiger partial charge in [-0.1, -0.05) is 53.5 Å². The summed E-state index contributed by atoms with van der Waals surface area (Å²) in [7, 11) is 0. The van der Waals surface area contributed by atoms with E-state index >= 15 is 0 Å². The van der Waals surface area contributed by atoms with Crippen molar-refractivity contribution in [2.24, 2.45) is 5.41 Å². The van der Waals surface area contributed by atoms with Crippen LogP contribution in [0.3, 0.4) is 0 Å². The van der Waals surface area contributed by atoms with Gasteiger partial charge in [0, 0.05) is 17.0 Å². The van der Waals surface area contributed by atoms with E-state index in [-0.39, 0.29) is 11.3 Å². The van der Waals surface area contributed by atoms with Crippen molar-refractivity contribution in [1.82, 2.24) is 0 Å². The highest BCUT2D eigenvalue weighted by molar-refractivity contribution is 5.54. The molecule has 2 N–H and O–H groups in total. The minimum absolute atomic E-state index is 0.0623. The van der Waals surface area contributed by atoms with Crippen LogP contribution in [0.4, 0.5) is 0 Å². The van der Waals surface area contributed by atoms with Gasteiger partial charge >= 0.3 is 0 Å². The zero-order chi connectivity index (χ0) is 20.8. The lowest BCUT2D eigenvalue weighted by atomic mass is 9.61. The first-order valence-electron chi connectivity index (χ1n) is 10.3. The summed E-state index contributed by atoms with van der Waals surface area (Å²) in [4.78, 5) is 0. The molecule has 0 aliphatic heterocycles. The van der Waals surface area contributed by atoms with Crippen LogP contribution >= 0.6 is 0 Å². The molecule has 28 heavy (non-hydrogen) atoms. The highest BCUT2D eigenvalue weighted by atomic mass is 16.3. The smallest absolute Gasteiger partial charge is 0.122 e. The van der Waals surface area contributed by atoms with Crippen LogP contribution in [-0.4, -0.2) is 10.2 Å². The summed E-state index contributed by atoms with van der Waals surface area (Å²) in [6, 6.07) is 8.26. The molecule has 0 amide bonds. The maximum atomic E-state index is 11.1. The van der Waals surface area contributed by atoms with E-state index in [1.165, 1.54) is 11.1 Å². The van der Waals surface area contributed by atoms with E-state index in [9.17, 15) is 10.2 Å². The average molecular weight is 379 g/mol. The van der Waals surface area contributed by atoms with Crippen molar-refractivity contribution in [3.8, 4) is 11.5 Å². The molecule has 3 rings (SSSR count). The third-order valence-electron chi connectivity index (χ3n) is 6.74. The fourth-order valence-electron chi connectivity index (χ4n) is 5.12. The summed E-state index contributed by atoms with van der Waals surface area (Å²) in [6.07, 6.45) is 3.08. The summed E-state index contributed by atoms with van der Waals surface area (Å²) < 4.78 is 0. The number of phenols is 2. The number of hydrogen-bond acceptors (Lipinski definition) is 2. The molecule has 1 aliphatic rings. The summed E-state index contributed by atoms with van der Waals surface area (Å²) in [5.74, 6) is 0.659. The number of rotatable bonds is 3. The predicted molar refractivity (Wildman–Crippen MR) is 117 cm³/mol. The Balaban J connectivity index is 2.31. The molecular weight excluding hydrogens is 344 g/mol.